The van der Waals surface area contributed by atoms with Gasteiger partial charge in [-0.25, -0.2) is 4.79 Å². The summed E-state index contributed by atoms with van der Waals surface area (Å²) >= 11 is 0. The third-order valence-corrected chi connectivity index (χ3v) is 2.39. The van der Waals surface area contributed by atoms with Crippen LogP contribution in [0, 0.1) is 10.1 Å². The van der Waals surface area contributed by atoms with E-state index >= 15 is 0 Å². The van der Waals surface area contributed by atoms with Crippen LogP contribution in [0.2, 0.25) is 0 Å². The van der Waals surface area contributed by atoms with E-state index in [4.69, 9.17) is 5.11 Å². The molecule has 2 atom stereocenters. The minimum Gasteiger partial charge on any atom is -0.479 e. The Morgan fingerprint density at radius 2 is 2.00 bits per heavy atom. The van der Waals surface area contributed by atoms with E-state index in [2.05, 4.69) is 0 Å². The SMILES string of the molecule is CC(O)(C(=O)O)[C@H](O)c1ccccc1[N+](=O)[O-]. The molecule has 17 heavy (non-hydrogen) atoms. The van der Waals surface area contributed by atoms with Gasteiger partial charge in [-0.1, -0.05) is 12.1 Å². The number of aliphatic carboxylic acids is 1. The molecule has 0 bridgehead atoms. The molecular weight excluding hydrogens is 230 g/mol. The number of nitro benzene ring substituents is 1. The Bertz CT molecular complexity index is 456. The number of carbonyl (C=O) groups is 1. The van der Waals surface area contributed by atoms with Crippen LogP contribution in [0.3, 0.4) is 0 Å². The Hall–Kier alpha value is -1.99. The summed E-state index contributed by atoms with van der Waals surface area (Å²) in [5.74, 6) is -1.66. The molecule has 3 N–H and O–H groups in total. The van der Waals surface area contributed by atoms with Crippen molar-refractivity contribution < 1.29 is 25.0 Å². The van der Waals surface area contributed by atoms with Crippen molar-refractivity contribution in [2.24, 2.45) is 0 Å². The van der Waals surface area contributed by atoms with Crippen molar-refractivity contribution in [3.8, 4) is 0 Å². The third kappa shape index (κ3) is 2.40. The molecule has 1 unspecified atom stereocenters. The first kappa shape index (κ1) is 13.1. The van der Waals surface area contributed by atoms with Gasteiger partial charge in [-0.15, -0.1) is 0 Å². The topological polar surface area (TPSA) is 121 Å². The van der Waals surface area contributed by atoms with Gasteiger partial charge in [0.15, 0.2) is 5.60 Å². The van der Waals surface area contributed by atoms with Crippen molar-refractivity contribution in [2.45, 2.75) is 18.6 Å². The number of hydrogen-bond donors (Lipinski definition) is 3. The van der Waals surface area contributed by atoms with Crippen LogP contribution in [0.5, 0.6) is 0 Å². The number of rotatable bonds is 4. The van der Waals surface area contributed by atoms with Gasteiger partial charge in [0.2, 0.25) is 0 Å². The lowest BCUT2D eigenvalue weighted by atomic mass is 9.92. The maximum absolute atomic E-state index is 10.7. The van der Waals surface area contributed by atoms with Crippen LogP contribution in [0.25, 0.3) is 0 Å². The Labute approximate surface area is 96.1 Å². The molecule has 0 fully saturated rings. The zero-order chi connectivity index (χ0) is 13.2. The van der Waals surface area contributed by atoms with Crippen LogP contribution in [-0.2, 0) is 4.79 Å². The largest absolute Gasteiger partial charge is 0.479 e. The zero-order valence-electron chi connectivity index (χ0n) is 8.90. The summed E-state index contributed by atoms with van der Waals surface area (Å²) in [4.78, 5) is 20.7. The van der Waals surface area contributed by atoms with Gasteiger partial charge in [0.05, 0.1) is 10.5 Å². The van der Waals surface area contributed by atoms with E-state index in [0.717, 1.165) is 13.0 Å². The molecule has 0 aliphatic rings. The van der Waals surface area contributed by atoms with Crippen molar-refractivity contribution in [2.75, 3.05) is 0 Å². The van der Waals surface area contributed by atoms with Crippen molar-refractivity contribution in [3.05, 3.63) is 39.9 Å². The van der Waals surface area contributed by atoms with E-state index in [1.807, 2.05) is 0 Å². The average Bonchev–Trinajstić information content (AvgIpc) is 2.27. The fourth-order valence-corrected chi connectivity index (χ4v) is 1.30. The number of benzene rings is 1. The lowest BCUT2D eigenvalue weighted by molar-refractivity contribution is -0.386. The summed E-state index contributed by atoms with van der Waals surface area (Å²) in [5.41, 5.74) is -3.18. The van der Waals surface area contributed by atoms with Crippen LogP contribution in [-0.4, -0.2) is 31.8 Å². The van der Waals surface area contributed by atoms with Crippen molar-refractivity contribution in [3.63, 3.8) is 0 Å². The molecule has 0 radical (unpaired) electrons. The van der Waals surface area contributed by atoms with Gasteiger partial charge < -0.3 is 15.3 Å². The molecule has 0 saturated heterocycles. The summed E-state index contributed by atoms with van der Waals surface area (Å²) < 4.78 is 0. The molecule has 7 nitrogen and oxygen atoms in total. The summed E-state index contributed by atoms with van der Waals surface area (Å²) in [7, 11) is 0. The minimum absolute atomic E-state index is 0.245. The first-order valence-corrected chi connectivity index (χ1v) is 4.65. The number of carboxylic acid groups (broad SMARTS) is 1. The Morgan fingerprint density at radius 1 is 1.47 bits per heavy atom. The van der Waals surface area contributed by atoms with Crippen molar-refractivity contribution in [1.82, 2.24) is 0 Å². The molecule has 92 valence electrons. The first-order chi connectivity index (χ1) is 7.78. The van der Waals surface area contributed by atoms with E-state index in [9.17, 15) is 25.1 Å². The number of carboxylic acids is 1. The second-order valence-corrected chi connectivity index (χ2v) is 3.67. The van der Waals surface area contributed by atoms with Crippen LogP contribution < -0.4 is 0 Å². The highest BCUT2D eigenvalue weighted by Crippen LogP contribution is 2.32. The first-order valence-electron chi connectivity index (χ1n) is 4.65. The van der Waals surface area contributed by atoms with Crippen LogP contribution in [0.1, 0.15) is 18.6 Å². The second kappa shape index (κ2) is 4.48. The normalized spacial score (nSPS) is 15.9. The van der Waals surface area contributed by atoms with Crippen molar-refractivity contribution >= 4 is 11.7 Å². The van der Waals surface area contributed by atoms with E-state index in [-0.39, 0.29) is 5.56 Å². The van der Waals surface area contributed by atoms with Gasteiger partial charge in [0, 0.05) is 6.07 Å². The standard InChI is InChI=1S/C10H11NO6/c1-10(15,9(13)14)8(12)6-4-2-3-5-7(6)11(16)17/h2-5,8,12,15H,1H3,(H,13,14)/t8-,10?/m1/s1. The highest BCUT2D eigenvalue weighted by atomic mass is 16.6. The number of nitrogens with zero attached hydrogens (tertiary/aromatic N) is 1. The van der Waals surface area contributed by atoms with E-state index in [1.165, 1.54) is 18.2 Å². The molecule has 1 aromatic carbocycles. The molecule has 0 aliphatic carbocycles. The summed E-state index contributed by atoms with van der Waals surface area (Å²) in [5, 5.41) is 38.7. The molecule has 0 heterocycles. The quantitative estimate of drug-likeness (QED) is 0.520. The molecule has 7 heteroatoms. The molecule has 0 amide bonds. The second-order valence-electron chi connectivity index (χ2n) is 3.67. The number of aliphatic hydroxyl groups is 2. The molecule has 0 spiro atoms. The van der Waals surface area contributed by atoms with Gasteiger partial charge in [-0.05, 0) is 13.0 Å². The smallest absolute Gasteiger partial charge is 0.338 e. The summed E-state index contributed by atoms with van der Waals surface area (Å²) in [6.45, 7) is 0.872. The van der Waals surface area contributed by atoms with Gasteiger partial charge in [0.25, 0.3) is 5.69 Å². The zero-order valence-corrected chi connectivity index (χ0v) is 8.90. The minimum atomic E-state index is -2.49. The molecular formula is C10H11NO6. The molecule has 1 aromatic rings. The Kier molecular flexibility index (Phi) is 3.45. The number of para-hydroxylation sites is 1. The summed E-state index contributed by atoms with van der Waals surface area (Å²) in [6, 6.07) is 5.10. The maximum atomic E-state index is 10.7. The van der Waals surface area contributed by atoms with Gasteiger partial charge in [-0.2, -0.15) is 0 Å². The van der Waals surface area contributed by atoms with Gasteiger partial charge in [-0.3, -0.25) is 10.1 Å². The fourth-order valence-electron chi connectivity index (χ4n) is 1.30. The molecule has 1 rings (SSSR count). The number of nitro groups is 1. The van der Waals surface area contributed by atoms with E-state index < -0.39 is 28.3 Å². The van der Waals surface area contributed by atoms with Crippen molar-refractivity contribution in [1.29, 1.82) is 0 Å². The Morgan fingerprint density at radius 3 is 2.47 bits per heavy atom. The van der Waals surface area contributed by atoms with Gasteiger partial charge in [0.1, 0.15) is 6.10 Å². The lowest BCUT2D eigenvalue weighted by Gasteiger charge is -2.24. The summed E-state index contributed by atoms with van der Waals surface area (Å²) in [6.07, 6.45) is -1.89. The van der Waals surface area contributed by atoms with E-state index in [1.54, 1.807) is 0 Å². The molecule has 0 aromatic heterocycles. The number of aliphatic hydroxyl groups excluding tert-OH is 1. The predicted molar refractivity (Wildman–Crippen MR) is 56.3 cm³/mol. The third-order valence-electron chi connectivity index (χ3n) is 2.39. The molecule has 0 saturated carbocycles. The molecule has 0 aliphatic heterocycles. The predicted octanol–water partition coefficient (Wildman–Crippen LogP) is 0.464. The monoisotopic (exact) mass is 241 g/mol. The average molecular weight is 241 g/mol. The highest BCUT2D eigenvalue weighted by molar-refractivity contribution is 5.78. The maximum Gasteiger partial charge on any atom is 0.338 e. The highest BCUT2D eigenvalue weighted by Gasteiger charge is 2.42. The lowest BCUT2D eigenvalue weighted by Crippen LogP contribution is -2.41. The number of hydrogen-bond acceptors (Lipinski definition) is 5. The van der Waals surface area contributed by atoms with E-state index in [0.29, 0.717) is 0 Å². The van der Waals surface area contributed by atoms with Crippen LogP contribution in [0.4, 0.5) is 5.69 Å². The fraction of sp³-hybridized carbons (Fsp3) is 0.300. The van der Waals surface area contributed by atoms with Crippen LogP contribution >= 0.6 is 0 Å². The van der Waals surface area contributed by atoms with Crippen LogP contribution in [0.15, 0.2) is 24.3 Å². The van der Waals surface area contributed by atoms with Gasteiger partial charge >= 0.3 is 5.97 Å². The Balaban J connectivity index is 3.26.